The number of hydrogen-bond acceptors (Lipinski definition) is 2. The molecule has 0 unspecified atom stereocenters. The van der Waals surface area contributed by atoms with Gasteiger partial charge in [-0.3, -0.25) is 0 Å². The Morgan fingerprint density at radius 2 is 1.48 bits per heavy atom. The summed E-state index contributed by atoms with van der Waals surface area (Å²) in [5.41, 5.74) is 2.04. The van der Waals surface area contributed by atoms with Gasteiger partial charge in [0.1, 0.15) is 11.5 Å². The summed E-state index contributed by atoms with van der Waals surface area (Å²) in [5, 5.41) is 1.36. The van der Waals surface area contributed by atoms with Crippen molar-refractivity contribution in [1.29, 1.82) is 0 Å². The highest BCUT2D eigenvalue weighted by molar-refractivity contribution is 6.31. The normalized spacial score (nSPS) is 11.4. The van der Waals surface area contributed by atoms with Crippen LogP contribution in [0.15, 0.2) is 72.8 Å². The molecule has 4 heteroatoms. The highest BCUT2D eigenvalue weighted by Gasteiger charge is 2.21. The summed E-state index contributed by atoms with van der Waals surface area (Å²) in [7, 11) is 0. The van der Waals surface area contributed by atoms with E-state index in [1.165, 1.54) is 5.56 Å². The molecule has 0 aromatic heterocycles. The molecule has 0 aliphatic heterocycles. The Morgan fingerprint density at radius 1 is 0.778 bits per heavy atom. The SMILES string of the molecule is CC(C)(COCc1cc(Cl)cc(Oc2ccccc2)c1)c1ccc(Cl)cc1. The summed E-state index contributed by atoms with van der Waals surface area (Å²) < 4.78 is 11.9. The lowest BCUT2D eigenvalue weighted by Gasteiger charge is -2.25. The number of benzene rings is 3. The maximum atomic E-state index is 6.25. The highest BCUT2D eigenvalue weighted by Crippen LogP contribution is 2.28. The Morgan fingerprint density at radius 3 is 2.19 bits per heavy atom. The number of ether oxygens (including phenoxy) is 2. The molecule has 0 fully saturated rings. The van der Waals surface area contributed by atoms with Crippen LogP contribution in [0.5, 0.6) is 11.5 Å². The lowest BCUT2D eigenvalue weighted by atomic mass is 9.86. The summed E-state index contributed by atoms with van der Waals surface area (Å²) in [6.45, 7) is 5.34. The van der Waals surface area contributed by atoms with Gasteiger partial charge in [0.25, 0.3) is 0 Å². The monoisotopic (exact) mass is 400 g/mol. The summed E-state index contributed by atoms with van der Waals surface area (Å²) in [5.74, 6) is 1.47. The molecular weight excluding hydrogens is 379 g/mol. The van der Waals surface area contributed by atoms with Gasteiger partial charge in [-0.2, -0.15) is 0 Å². The maximum absolute atomic E-state index is 6.25. The highest BCUT2D eigenvalue weighted by atomic mass is 35.5. The van der Waals surface area contributed by atoms with E-state index in [4.69, 9.17) is 32.7 Å². The Balaban J connectivity index is 1.63. The molecule has 0 atom stereocenters. The molecule has 0 amide bonds. The second kappa shape index (κ2) is 8.79. The molecule has 0 bridgehead atoms. The third-order valence-electron chi connectivity index (χ3n) is 4.27. The first-order chi connectivity index (χ1) is 12.9. The largest absolute Gasteiger partial charge is 0.457 e. The number of rotatable bonds is 7. The minimum atomic E-state index is -0.119. The minimum absolute atomic E-state index is 0.119. The van der Waals surface area contributed by atoms with Crippen LogP contribution in [0, 0.1) is 0 Å². The second-order valence-electron chi connectivity index (χ2n) is 7.09. The first kappa shape index (κ1) is 19.8. The van der Waals surface area contributed by atoms with E-state index in [1.807, 2.05) is 66.7 Å². The molecule has 140 valence electrons. The fourth-order valence-electron chi connectivity index (χ4n) is 2.80. The first-order valence-electron chi connectivity index (χ1n) is 8.78. The molecule has 2 nitrogen and oxygen atoms in total. The van der Waals surface area contributed by atoms with Gasteiger partial charge in [0.15, 0.2) is 0 Å². The molecule has 3 aromatic carbocycles. The van der Waals surface area contributed by atoms with Gasteiger partial charge in [-0.1, -0.05) is 67.4 Å². The predicted octanol–water partition coefficient (Wildman–Crippen LogP) is 7.28. The lowest BCUT2D eigenvalue weighted by Crippen LogP contribution is -2.24. The van der Waals surface area contributed by atoms with E-state index in [-0.39, 0.29) is 5.41 Å². The van der Waals surface area contributed by atoms with Gasteiger partial charge in [0, 0.05) is 15.5 Å². The number of halogens is 2. The molecule has 0 radical (unpaired) electrons. The molecule has 0 aliphatic carbocycles. The van der Waals surface area contributed by atoms with E-state index >= 15 is 0 Å². The smallest absolute Gasteiger partial charge is 0.129 e. The van der Waals surface area contributed by atoms with Crippen LogP contribution >= 0.6 is 23.2 Å². The van der Waals surface area contributed by atoms with Crippen LogP contribution in [0.3, 0.4) is 0 Å². The molecule has 3 rings (SSSR count). The van der Waals surface area contributed by atoms with Gasteiger partial charge < -0.3 is 9.47 Å². The average molecular weight is 401 g/mol. The van der Waals surface area contributed by atoms with E-state index in [0.717, 1.165) is 16.3 Å². The Labute approximate surface area is 170 Å². The van der Waals surface area contributed by atoms with Crippen molar-refractivity contribution in [2.75, 3.05) is 6.61 Å². The third-order valence-corrected chi connectivity index (χ3v) is 4.74. The van der Waals surface area contributed by atoms with Gasteiger partial charge in [0.2, 0.25) is 0 Å². The third kappa shape index (κ3) is 5.74. The van der Waals surface area contributed by atoms with Crippen LogP contribution in [0.1, 0.15) is 25.0 Å². The van der Waals surface area contributed by atoms with Gasteiger partial charge in [-0.25, -0.2) is 0 Å². The Bertz CT molecular complexity index is 875. The van der Waals surface area contributed by atoms with Crippen molar-refractivity contribution in [2.45, 2.75) is 25.9 Å². The zero-order chi connectivity index (χ0) is 19.3. The van der Waals surface area contributed by atoms with Crippen LogP contribution < -0.4 is 4.74 Å². The molecule has 0 N–H and O–H groups in total. The van der Waals surface area contributed by atoms with Crippen molar-refractivity contribution in [3.63, 3.8) is 0 Å². The van der Waals surface area contributed by atoms with E-state index < -0.39 is 0 Å². The molecule has 0 saturated carbocycles. The number of hydrogen-bond donors (Lipinski definition) is 0. The number of para-hydroxylation sites is 1. The van der Waals surface area contributed by atoms with Crippen molar-refractivity contribution < 1.29 is 9.47 Å². The van der Waals surface area contributed by atoms with Crippen molar-refractivity contribution in [2.24, 2.45) is 0 Å². The van der Waals surface area contributed by atoms with Gasteiger partial charge in [-0.15, -0.1) is 0 Å². The standard InChI is InChI=1S/C23H22Cl2O2/c1-23(2,18-8-10-19(24)11-9-18)16-26-15-17-12-20(25)14-22(13-17)27-21-6-4-3-5-7-21/h3-14H,15-16H2,1-2H3. The Hall–Kier alpha value is -2.00. The zero-order valence-corrected chi connectivity index (χ0v) is 16.9. The van der Waals surface area contributed by atoms with Gasteiger partial charge in [-0.05, 0) is 53.6 Å². The van der Waals surface area contributed by atoms with E-state index in [1.54, 1.807) is 6.07 Å². The van der Waals surface area contributed by atoms with E-state index in [0.29, 0.717) is 24.0 Å². The molecule has 0 aliphatic rings. The van der Waals surface area contributed by atoms with Gasteiger partial charge in [0.05, 0.1) is 13.2 Å². The van der Waals surface area contributed by atoms with Gasteiger partial charge >= 0.3 is 0 Å². The molecule has 3 aromatic rings. The Kier molecular flexibility index (Phi) is 6.43. The molecule has 27 heavy (non-hydrogen) atoms. The maximum Gasteiger partial charge on any atom is 0.129 e. The van der Waals surface area contributed by atoms with Crippen LogP contribution in [-0.4, -0.2) is 6.61 Å². The summed E-state index contributed by atoms with van der Waals surface area (Å²) >= 11 is 12.2. The molecule has 0 heterocycles. The van der Waals surface area contributed by atoms with Crippen LogP contribution in [0.25, 0.3) is 0 Å². The summed E-state index contributed by atoms with van der Waals surface area (Å²) in [6, 6.07) is 23.2. The quantitative estimate of drug-likeness (QED) is 0.414. The summed E-state index contributed by atoms with van der Waals surface area (Å²) in [4.78, 5) is 0. The summed E-state index contributed by atoms with van der Waals surface area (Å²) in [6.07, 6.45) is 0. The first-order valence-corrected chi connectivity index (χ1v) is 9.54. The van der Waals surface area contributed by atoms with Crippen molar-refractivity contribution in [3.8, 4) is 11.5 Å². The molecule has 0 saturated heterocycles. The van der Waals surface area contributed by atoms with Crippen LogP contribution in [0.4, 0.5) is 0 Å². The molecule has 0 spiro atoms. The topological polar surface area (TPSA) is 18.5 Å². The van der Waals surface area contributed by atoms with Crippen molar-refractivity contribution in [3.05, 3.63) is 94.0 Å². The predicted molar refractivity (Wildman–Crippen MR) is 112 cm³/mol. The molecular formula is C23H22Cl2O2. The second-order valence-corrected chi connectivity index (χ2v) is 7.97. The van der Waals surface area contributed by atoms with Crippen molar-refractivity contribution in [1.82, 2.24) is 0 Å². The lowest BCUT2D eigenvalue weighted by molar-refractivity contribution is 0.0824. The van der Waals surface area contributed by atoms with Crippen molar-refractivity contribution >= 4 is 23.2 Å². The fraction of sp³-hybridized carbons (Fsp3) is 0.217. The minimum Gasteiger partial charge on any atom is -0.457 e. The van der Waals surface area contributed by atoms with Crippen LogP contribution in [0.2, 0.25) is 10.0 Å². The zero-order valence-electron chi connectivity index (χ0n) is 15.4. The average Bonchev–Trinajstić information content (AvgIpc) is 2.62. The van der Waals surface area contributed by atoms with E-state index in [9.17, 15) is 0 Å². The fourth-order valence-corrected chi connectivity index (χ4v) is 3.17. The van der Waals surface area contributed by atoms with E-state index in [2.05, 4.69) is 13.8 Å². The van der Waals surface area contributed by atoms with Crippen LogP contribution in [-0.2, 0) is 16.8 Å².